The third-order valence-electron chi connectivity index (χ3n) is 2.47. The molecule has 0 aliphatic carbocycles. The van der Waals surface area contributed by atoms with Crippen molar-refractivity contribution >= 4 is 17.5 Å². The quantitative estimate of drug-likeness (QED) is 0.292. The van der Waals surface area contributed by atoms with Crippen molar-refractivity contribution in [2.24, 2.45) is 0 Å². The van der Waals surface area contributed by atoms with E-state index in [0.717, 1.165) is 5.56 Å². The first-order valence-electron chi connectivity index (χ1n) is 5.66. The molecule has 0 fully saturated rings. The highest BCUT2D eigenvalue weighted by molar-refractivity contribution is 6.21. The molecule has 96 valence electrons. The highest BCUT2D eigenvalue weighted by Crippen LogP contribution is 2.21. The summed E-state index contributed by atoms with van der Waals surface area (Å²) in [5, 5.41) is 10.1. The molecule has 4 nitrogen and oxygen atoms in total. The number of ether oxygens (including phenoxy) is 1. The molecule has 0 aliphatic heterocycles. The average Bonchev–Trinajstić information content (AvgIpc) is 2.29. The zero-order valence-corrected chi connectivity index (χ0v) is 10.7. The van der Waals surface area contributed by atoms with Crippen LogP contribution >= 0.6 is 0 Å². The lowest BCUT2D eigenvalue weighted by Crippen LogP contribution is -2.16. The Morgan fingerprint density at radius 1 is 1.28 bits per heavy atom. The van der Waals surface area contributed by atoms with Crippen molar-refractivity contribution in [2.75, 3.05) is 6.61 Å². The van der Waals surface area contributed by atoms with Crippen molar-refractivity contribution in [3.05, 3.63) is 41.0 Å². The van der Waals surface area contributed by atoms with Crippen LogP contribution in [0.15, 0.2) is 29.8 Å². The summed E-state index contributed by atoms with van der Waals surface area (Å²) in [5.74, 6) is -1.65. The van der Waals surface area contributed by atoms with Crippen LogP contribution in [-0.4, -0.2) is 23.5 Å². The lowest BCUT2D eigenvalue weighted by molar-refractivity contribution is -0.139. The van der Waals surface area contributed by atoms with Crippen LogP contribution in [0, 0.1) is 6.92 Å². The first-order chi connectivity index (χ1) is 8.49. The number of aliphatic hydroxyl groups is 1. The van der Waals surface area contributed by atoms with E-state index in [9.17, 15) is 14.7 Å². The number of hydrogen-bond donors (Lipinski definition) is 1. The van der Waals surface area contributed by atoms with Gasteiger partial charge in [0.1, 0.15) is 11.3 Å². The molecule has 0 spiro atoms. The Morgan fingerprint density at radius 3 is 2.39 bits per heavy atom. The summed E-state index contributed by atoms with van der Waals surface area (Å²) >= 11 is 0. The first-order valence-corrected chi connectivity index (χ1v) is 5.66. The number of hydrogen-bond acceptors (Lipinski definition) is 4. The summed E-state index contributed by atoms with van der Waals surface area (Å²) in [5.41, 5.74) is 0.917. The molecule has 0 heterocycles. The molecule has 18 heavy (non-hydrogen) atoms. The fourth-order valence-electron chi connectivity index (χ4n) is 1.58. The number of rotatable bonds is 4. The monoisotopic (exact) mass is 248 g/mol. The SMILES string of the molecule is CCOC(=O)C(C(C)=O)=C(O)c1ccccc1C. The summed E-state index contributed by atoms with van der Waals surface area (Å²) in [4.78, 5) is 23.1. The maximum absolute atomic E-state index is 11.6. The third-order valence-corrected chi connectivity index (χ3v) is 2.47. The number of ketones is 1. The number of esters is 1. The molecule has 0 unspecified atom stereocenters. The largest absolute Gasteiger partial charge is 0.506 e. The van der Waals surface area contributed by atoms with Crippen LogP contribution in [0.25, 0.3) is 5.76 Å². The number of Topliss-reactive ketones (excluding diaryl/α,β-unsaturated/α-hetero) is 1. The predicted octanol–water partition coefficient (Wildman–Crippen LogP) is 2.42. The number of carbonyl (C=O) groups is 2. The van der Waals surface area contributed by atoms with E-state index in [4.69, 9.17) is 4.74 Å². The van der Waals surface area contributed by atoms with E-state index >= 15 is 0 Å². The fourth-order valence-corrected chi connectivity index (χ4v) is 1.58. The second-order valence-corrected chi connectivity index (χ2v) is 3.82. The van der Waals surface area contributed by atoms with Crippen LogP contribution in [0.3, 0.4) is 0 Å². The van der Waals surface area contributed by atoms with Gasteiger partial charge >= 0.3 is 5.97 Å². The molecule has 1 aromatic rings. The van der Waals surface area contributed by atoms with Crippen molar-refractivity contribution in [3.63, 3.8) is 0 Å². The molecule has 0 saturated carbocycles. The minimum atomic E-state index is -0.800. The Kier molecular flexibility index (Phi) is 4.66. The van der Waals surface area contributed by atoms with Crippen LogP contribution in [-0.2, 0) is 14.3 Å². The summed E-state index contributed by atoms with van der Waals surface area (Å²) in [6, 6.07) is 6.96. The van der Waals surface area contributed by atoms with E-state index in [1.165, 1.54) is 6.92 Å². The van der Waals surface area contributed by atoms with Crippen molar-refractivity contribution in [3.8, 4) is 0 Å². The molecule has 1 aromatic carbocycles. The fraction of sp³-hybridized carbons (Fsp3) is 0.286. The molecule has 1 N–H and O–H groups in total. The highest BCUT2D eigenvalue weighted by atomic mass is 16.5. The second kappa shape index (κ2) is 6.00. The summed E-state index contributed by atoms with van der Waals surface area (Å²) in [6.07, 6.45) is 0. The van der Waals surface area contributed by atoms with Gasteiger partial charge in [-0.2, -0.15) is 0 Å². The molecule has 0 aromatic heterocycles. The van der Waals surface area contributed by atoms with Crippen LogP contribution in [0.2, 0.25) is 0 Å². The molecule has 0 aliphatic rings. The molecule has 0 radical (unpaired) electrons. The Balaban J connectivity index is 3.33. The van der Waals surface area contributed by atoms with Crippen LogP contribution < -0.4 is 0 Å². The Hall–Kier alpha value is -2.10. The molecule has 0 amide bonds. The number of aliphatic hydroxyl groups excluding tert-OH is 1. The predicted molar refractivity (Wildman–Crippen MR) is 68.0 cm³/mol. The van der Waals surface area contributed by atoms with E-state index in [2.05, 4.69) is 0 Å². The average molecular weight is 248 g/mol. The van der Waals surface area contributed by atoms with Gasteiger partial charge in [0.15, 0.2) is 5.78 Å². The van der Waals surface area contributed by atoms with E-state index in [-0.39, 0.29) is 17.9 Å². The van der Waals surface area contributed by atoms with Gasteiger partial charge in [0, 0.05) is 5.56 Å². The summed E-state index contributed by atoms with van der Waals surface area (Å²) in [7, 11) is 0. The zero-order valence-electron chi connectivity index (χ0n) is 10.7. The molecular formula is C14H16O4. The third kappa shape index (κ3) is 2.97. The number of carbonyl (C=O) groups excluding carboxylic acids is 2. The summed E-state index contributed by atoms with van der Waals surface area (Å²) < 4.78 is 4.77. The topological polar surface area (TPSA) is 63.6 Å². The van der Waals surface area contributed by atoms with Gasteiger partial charge in [-0.15, -0.1) is 0 Å². The maximum Gasteiger partial charge on any atom is 0.345 e. The van der Waals surface area contributed by atoms with Crippen molar-refractivity contribution in [1.29, 1.82) is 0 Å². The van der Waals surface area contributed by atoms with Gasteiger partial charge in [0.05, 0.1) is 6.61 Å². The minimum Gasteiger partial charge on any atom is -0.506 e. The normalized spacial score (nSPS) is 11.7. The van der Waals surface area contributed by atoms with Crippen molar-refractivity contribution in [1.82, 2.24) is 0 Å². The van der Waals surface area contributed by atoms with Crippen molar-refractivity contribution in [2.45, 2.75) is 20.8 Å². The van der Waals surface area contributed by atoms with Crippen LogP contribution in [0.1, 0.15) is 25.0 Å². The van der Waals surface area contributed by atoms with Gasteiger partial charge in [-0.1, -0.05) is 24.3 Å². The summed E-state index contributed by atoms with van der Waals surface area (Å²) in [6.45, 7) is 4.80. The first kappa shape index (κ1) is 14.0. The van der Waals surface area contributed by atoms with Gasteiger partial charge < -0.3 is 9.84 Å². The molecule has 1 rings (SSSR count). The van der Waals surface area contributed by atoms with Crippen molar-refractivity contribution < 1.29 is 19.4 Å². The van der Waals surface area contributed by atoms with Crippen LogP contribution in [0.5, 0.6) is 0 Å². The second-order valence-electron chi connectivity index (χ2n) is 3.82. The van der Waals surface area contributed by atoms with E-state index in [1.54, 1.807) is 32.0 Å². The standard InChI is InChI=1S/C14H16O4/c1-4-18-14(17)12(10(3)15)13(16)11-8-6-5-7-9(11)2/h5-8,16H,4H2,1-3H3. The highest BCUT2D eigenvalue weighted by Gasteiger charge is 2.22. The van der Waals surface area contributed by atoms with Gasteiger partial charge in [0.2, 0.25) is 0 Å². The zero-order chi connectivity index (χ0) is 13.7. The van der Waals surface area contributed by atoms with Gasteiger partial charge in [-0.3, -0.25) is 4.79 Å². The Labute approximate surface area is 106 Å². The number of benzene rings is 1. The van der Waals surface area contributed by atoms with E-state index in [0.29, 0.717) is 5.56 Å². The smallest absolute Gasteiger partial charge is 0.345 e. The maximum atomic E-state index is 11.6. The van der Waals surface area contributed by atoms with E-state index in [1.807, 2.05) is 6.07 Å². The molecule has 0 atom stereocenters. The lowest BCUT2D eigenvalue weighted by atomic mass is 10.0. The van der Waals surface area contributed by atoms with Crippen LogP contribution in [0.4, 0.5) is 0 Å². The van der Waals surface area contributed by atoms with Gasteiger partial charge in [-0.05, 0) is 26.3 Å². The molecule has 0 saturated heterocycles. The van der Waals surface area contributed by atoms with Gasteiger partial charge in [0.25, 0.3) is 0 Å². The van der Waals surface area contributed by atoms with E-state index < -0.39 is 11.8 Å². The molecule has 4 heteroatoms. The molecule has 0 bridgehead atoms. The Bertz CT molecular complexity index is 500. The van der Waals surface area contributed by atoms with Gasteiger partial charge in [-0.25, -0.2) is 4.79 Å². The number of aryl methyl sites for hydroxylation is 1. The Morgan fingerprint density at radius 2 is 1.89 bits per heavy atom. The minimum absolute atomic E-state index is 0.149. The molecular weight excluding hydrogens is 232 g/mol. The lowest BCUT2D eigenvalue weighted by Gasteiger charge is -2.09.